The van der Waals surface area contributed by atoms with Crippen LogP contribution in [-0.2, 0) is 4.74 Å². The van der Waals surface area contributed by atoms with Crippen LogP contribution in [0.4, 0.5) is 5.95 Å². The minimum atomic E-state index is -0.144. The molecule has 1 fully saturated rings. The monoisotopic (exact) mass is 393 g/mol. The molecule has 5 rings (SSSR count). The van der Waals surface area contributed by atoms with Gasteiger partial charge in [0.1, 0.15) is 6.04 Å². The van der Waals surface area contributed by atoms with Crippen molar-refractivity contribution >= 4 is 23.3 Å². The number of aromatic nitrogens is 3. The standard InChI is InChI=1S/C21H20ClN5O/c1-14-20-24-25-21(26-9-11-28-12-10-26)27(20)18-8-7-16(22)13-17(18)19(23-14)15-5-3-2-4-6-15/h2-8,13,19H,9-12H2,1H3. The maximum Gasteiger partial charge on any atom is 0.232 e. The summed E-state index contributed by atoms with van der Waals surface area (Å²) in [5.41, 5.74) is 4.04. The highest BCUT2D eigenvalue weighted by atomic mass is 35.5. The Bertz CT molecular complexity index is 1040. The first kappa shape index (κ1) is 17.4. The second kappa shape index (κ2) is 7.04. The van der Waals surface area contributed by atoms with Gasteiger partial charge in [-0.25, -0.2) is 0 Å². The molecule has 0 amide bonds. The number of rotatable bonds is 2. The number of benzene rings is 2. The molecule has 2 aromatic carbocycles. The number of hydrogen-bond donors (Lipinski definition) is 0. The molecule has 2 aliphatic heterocycles. The Labute approximate surface area is 168 Å². The fraction of sp³-hybridized carbons (Fsp3) is 0.286. The van der Waals surface area contributed by atoms with E-state index in [1.165, 1.54) is 0 Å². The zero-order valence-electron chi connectivity index (χ0n) is 15.5. The molecule has 0 saturated carbocycles. The molecule has 7 heteroatoms. The lowest BCUT2D eigenvalue weighted by atomic mass is 9.97. The van der Waals surface area contributed by atoms with Gasteiger partial charge in [-0.05, 0) is 30.7 Å². The highest BCUT2D eigenvalue weighted by Crippen LogP contribution is 2.37. The minimum absolute atomic E-state index is 0.144. The van der Waals surface area contributed by atoms with Crippen molar-refractivity contribution in [1.82, 2.24) is 14.8 Å². The van der Waals surface area contributed by atoms with E-state index in [2.05, 4.69) is 31.8 Å². The van der Waals surface area contributed by atoms with Gasteiger partial charge < -0.3 is 9.64 Å². The summed E-state index contributed by atoms with van der Waals surface area (Å²) in [5, 5.41) is 9.68. The molecule has 1 atom stereocenters. The summed E-state index contributed by atoms with van der Waals surface area (Å²) in [7, 11) is 0. The molecule has 2 aliphatic rings. The molecule has 0 bridgehead atoms. The molecular formula is C21H20ClN5O. The van der Waals surface area contributed by atoms with Crippen LogP contribution in [0.1, 0.15) is 29.9 Å². The van der Waals surface area contributed by atoms with Crippen molar-refractivity contribution in [3.63, 3.8) is 0 Å². The van der Waals surface area contributed by atoms with Crippen LogP contribution in [0.2, 0.25) is 5.02 Å². The number of halogens is 1. The van der Waals surface area contributed by atoms with E-state index in [-0.39, 0.29) is 6.04 Å². The van der Waals surface area contributed by atoms with Crippen LogP contribution in [0, 0.1) is 0 Å². The normalized spacial score (nSPS) is 18.9. The number of morpholine rings is 1. The summed E-state index contributed by atoms with van der Waals surface area (Å²) >= 11 is 6.39. The highest BCUT2D eigenvalue weighted by molar-refractivity contribution is 6.30. The van der Waals surface area contributed by atoms with Crippen molar-refractivity contribution in [1.29, 1.82) is 0 Å². The van der Waals surface area contributed by atoms with Crippen molar-refractivity contribution in [2.45, 2.75) is 13.0 Å². The Morgan fingerprint density at radius 1 is 1.04 bits per heavy atom. The molecule has 142 valence electrons. The Kier molecular flexibility index (Phi) is 4.37. The lowest BCUT2D eigenvalue weighted by molar-refractivity contribution is 0.122. The van der Waals surface area contributed by atoms with Gasteiger partial charge in [0.05, 0.1) is 24.6 Å². The third-order valence-corrected chi connectivity index (χ3v) is 5.46. The van der Waals surface area contributed by atoms with Crippen LogP contribution in [0.3, 0.4) is 0 Å². The second-order valence-electron chi connectivity index (χ2n) is 6.99. The Morgan fingerprint density at radius 2 is 1.82 bits per heavy atom. The van der Waals surface area contributed by atoms with Gasteiger partial charge >= 0.3 is 0 Å². The van der Waals surface area contributed by atoms with E-state index in [1.54, 1.807) is 0 Å². The average Bonchev–Trinajstić information content (AvgIpc) is 3.13. The van der Waals surface area contributed by atoms with Crippen molar-refractivity contribution < 1.29 is 4.74 Å². The van der Waals surface area contributed by atoms with Crippen molar-refractivity contribution in [3.8, 4) is 5.69 Å². The van der Waals surface area contributed by atoms with Crippen LogP contribution in [-0.4, -0.2) is 46.8 Å². The zero-order chi connectivity index (χ0) is 19.1. The van der Waals surface area contributed by atoms with Crippen molar-refractivity contribution in [2.24, 2.45) is 4.99 Å². The van der Waals surface area contributed by atoms with Crippen LogP contribution < -0.4 is 4.90 Å². The van der Waals surface area contributed by atoms with Gasteiger partial charge in [0.25, 0.3) is 0 Å². The van der Waals surface area contributed by atoms with E-state index in [4.69, 9.17) is 21.3 Å². The number of fused-ring (bicyclic) bond motifs is 3. The van der Waals surface area contributed by atoms with Gasteiger partial charge in [-0.1, -0.05) is 41.9 Å². The van der Waals surface area contributed by atoms with E-state index in [0.29, 0.717) is 18.2 Å². The van der Waals surface area contributed by atoms with Gasteiger partial charge in [0, 0.05) is 23.7 Å². The summed E-state index contributed by atoms with van der Waals surface area (Å²) in [6, 6.07) is 16.1. The highest BCUT2D eigenvalue weighted by Gasteiger charge is 2.29. The maximum atomic E-state index is 6.39. The van der Waals surface area contributed by atoms with E-state index in [9.17, 15) is 0 Å². The van der Waals surface area contributed by atoms with E-state index >= 15 is 0 Å². The summed E-state index contributed by atoms with van der Waals surface area (Å²) in [6.45, 7) is 4.95. The average molecular weight is 394 g/mol. The quantitative estimate of drug-likeness (QED) is 0.666. The van der Waals surface area contributed by atoms with Gasteiger partial charge in [0.2, 0.25) is 5.95 Å². The number of anilines is 1. The first-order valence-electron chi connectivity index (χ1n) is 9.40. The molecule has 1 saturated heterocycles. The fourth-order valence-corrected chi connectivity index (χ4v) is 4.04. The van der Waals surface area contributed by atoms with Crippen molar-refractivity contribution in [3.05, 3.63) is 70.5 Å². The summed E-state index contributed by atoms with van der Waals surface area (Å²) in [6.07, 6.45) is 0. The predicted molar refractivity (Wildman–Crippen MR) is 110 cm³/mol. The molecule has 1 aromatic heterocycles. The van der Waals surface area contributed by atoms with Crippen LogP contribution in [0.25, 0.3) is 5.69 Å². The van der Waals surface area contributed by atoms with Crippen LogP contribution >= 0.6 is 11.6 Å². The van der Waals surface area contributed by atoms with Crippen LogP contribution in [0.5, 0.6) is 0 Å². The number of hydrogen-bond acceptors (Lipinski definition) is 5. The lowest BCUT2D eigenvalue weighted by Gasteiger charge is -2.28. The van der Waals surface area contributed by atoms with Gasteiger partial charge in [-0.3, -0.25) is 9.56 Å². The predicted octanol–water partition coefficient (Wildman–Crippen LogP) is 3.67. The Hall–Kier alpha value is -2.70. The van der Waals surface area contributed by atoms with Gasteiger partial charge in [-0.2, -0.15) is 0 Å². The maximum absolute atomic E-state index is 6.39. The molecule has 6 nitrogen and oxygen atoms in total. The largest absolute Gasteiger partial charge is 0.378 e. The Morgan fingerprint density at radius 3 is 2.61 bits per heavy atom. The molecule has 0 N–H and O–H groups in total. The van der Waals surface area contributed by atoms with Crippen molar-refractivity contribution in [2.75, 3.05) is 31.2 Å². The first-order valence-corrected chi connectivity index (χ1v) is 9.78. The number of aliphatic imine (C=N–C) groups is 1. The minimum Gasteiger partial charge on any atom is -0.378 e. The SMILES string of the molecule is CC1=NC(c2ccccc2)c2cc(Cl)ccc2-n2c1nnc2N1CCOCC1. The number of ether oxygens (including phenoxy) is 1. The third kappa shape index (κ3) is 2.89. The second-order valence-corrected chi connectivity index (χ2v) is 7.43. The molecule has 28 heavy (non-hydrogen) atoms. The lowest BCUT2D eigenvalue weighted by Crippen LogP contribution is -2.38. The van der Waals surface area contributed by atoms with E-state index < -0.39 is 0 Å². The van der Waals surface area contributed by atoms with Gasteiger partial charge in [-0.15, -0.1) is 10.2 Å². The fourth-order valence-electron chi connectivity index (χ4n) is 3.86. The van der Waals surface area contributed by atoms with E-state index in [0.717, 1.165) is 47.4 Å². The molecule has 0 aliphatic carbocycles. The summed E-state index contributed by atoms with van der Waals surface area (Å²) in [4.78, 5) is 7.24. The molecule has 3 heterocycles. The van der Waals surface area contributed by atoms with Gasteiger partial charge in [0.15, 0.2) is 5.82 Å². The smallest absolute Gasteiger partial charge is 0.232 e. The topological polar surface area (TPSA) is 55.5 Å². The zero-order valence-corrected chi connectivity index (χ0v) is 16.3. The molecule has 3 aromatic rings. The molecule has 0 radical (unpaired) electrons. The third-order valence-electron chi connectivity index (χ3n) is 5.23. The number of nitrogens with zero attached hydrogens (tertiary/aromatic N) is 5. The molecule has 1 unspecified atom stereocenters. The molecular weight excluding hydrogens is 374 g/mol. The van der Waals surface area contributed by atoms with Crippen LogP contribution in [0.15, 0.2) is 53.5 Å². The summed E-state index contributed by atoms with van der Waals surface area (Å²) < 4.78 is 7.62. The first-order chi connectivity index (χ1) is 13.7. The Balaban J connectivity index is 1.73. The van der Waals surface area contributed by atoms with E-state index in [1.807, 2.05) is 43.3 Å². The molecule has 0 spiro atoms. The summed E-state index contributed by atoms with van der Waals surface area (Å²) in [5.74, 6) is 1.59.